The van der Waals surface area contributed by atoms with Crippen molar-refractivity contribution in [3.8, 4) is 0 Å². The molecule has 1 aromatic heterocycles. The number of nitrogens with zero attached hydrogens (tertiary/aromatic N) is 1. The van der Waals surface area contributed by atoms with Crippen molar-refractivity contribution < 1.29 is 14.0 Å². The number of ketones is 1. The molecule has 1 saturated heterocycles. The summed E-state index contributed by atoms with van der Waals surface area (Å²) >= 11 is 5.90. The van der Waals surface area contributed by atoms with Gasteiger partial charge in [-0.2, -0.15) is 0 Å². The van der Waals surface area contributed by atoms with Gasteiger partial charge in [-0.15, -0.1) is 0 Å². The van der Waals surface area contributed by atoms with Crippen LogP contribution in [0.3, 0.4) is 0 Å². The van der Waals surface area contributed by atoms with Crippen molar-refractivity contribution in [2.24, 2.45) is 0 Å². The first-order valence-electron chi connectivity index (χ1n) is 8.96. The van der Waals surface area contributed by atoms with E-state index in [-0.39, 0.29) is 30.6 Å². The summed E-state index contributed by atoms with van der Waals surface area (Å²) in [7, 11) is 0. The normalized spacial score (nSPS) is 15.7. The Morgan fingerprint density at radius 3 is 2.65 bits per heavy atom. The number of benzene rings is 1. The van der Waals surface area contributed by atoms with E-state index in [4.69, 9.17) is 16.0 Å². The summed E-state index contributed by atoms with van der Waals surface area (Å²) in [4.78, 5) is 26.7. The molecule has 3 rings (SSSR count). The van der Waals surface area contributed by atoms with E-state index >= 15 is 0 Å². The molecular formula is C20H23ClN2O3. The quantitative estimate of drug-likeness (QED) is 0.713. The standard InChI is InChI=1S/C20H23ClN2O3/c21-16-6-3-5-15(13-16)18(24)8-9-20(25)22-14-17(19-7-4-12-26-19)23-10-1-2-11-23/h3-7,12-13,17H,1-2,8-11,14H2,(H,22,25). The van der Waals surface area contributed by atoms with E-state index in [1.807, 2.05) is 12.1 Å². The topological polar surface area (TPSA) is 62.6 Å². The molecule has 2 aromatic rings. The zero-order valence-corrected chi connectivity index (χ0v) is 15.4. The van der Waals surface area contributed by atoms with Crippen molar-refractivity contribution in [3.05, 3.63) is 59.0 Å². The summed E-state index contributed by atoms with van der Waals surface area (Å²) in [6.07, 6.45) is 4.32. The molecule has 26 heavy (non-hydrogen) atoms. The highest BCUT2D eigenvalue weighted by molar-refractivity contribution is 6.31. The summed E-state index contributed by atoms with van der Waals surface area (Å²) in [5.74, 6) is 0.656. The molecule has 1 aliphatic heterocycles. The number of amides is 1. The Labute approximate surface area is 158 Å². The van der Waals surface area contributed by atoms with Crippen LogP contribution in [0, 0.1) is 0 Å². The Morgan fingerprint density at radius 2 is 1.96 bits per heavy atom. The lowest BCUT2D eigenvalue weighted by Gasteiger charge is -2.26. The monoisotopic (exact) mass is 374 g/mol. The largest absolute Gasteiger partial charge is 0.468 e. The molecule has 138 valence electrons. The first kappa shape index (κ1) is 18.7. The first-order valence-corrected chi connectivity index (χ1v) is 9.34. The fourth-order valence-corrected chi connectivity index (χ4v) is 3.47. The summed E-state index contributed by atoms with van der Waals surface area (Å²) in [6, 6.07) is 10.6. The predicted molar refractivity (Wildman–Crippen MR) is 100 cm³/mol. The zero-order valence-electron chi connectivity index (χ0n) is 14.6. The van der Waals surface area contributed by atoms with Gasteiger partial charge in [0.2, 0.25) is 5.91 Å². The fourth-order valence-electron chi connectivity index (χ4n) is 3.28. The van der Waals surface area contributed by atoms with Gasteiger partial charge in [-0.25, -0.2) is 0 Å². The van der Waals surface area contributed by atoms with Crippen molar-refractivity contribution in [1.82, 2.24) is 10.2 Å². The van der Waals surface area contributed by atoms with Crippen molar-refractivity contribution in [3.63, 3.8) is 0 Å². The minimum absolute atomic E-state index is 0.0417. The van der Waals surface area contributed by atoms with Gasteiger partial charge in [0.1, 0.15) is 5.76 Å². The van der Waals surface area contributed by atoms with E-state index in [1.54, 1.807) is 30.5 Å². The number of carbonyl (C=O) groups excluding carboxylic acids is 2. The lowest BCUT2D eigenvalue weighted by Crippen LogP contribution is -2.36. The van der Waals surface area contributed by atoms with Crippen LogP contribution in [0.4, 0.5) is 0 Å². The van der Waals surface area contributed by atoms with Crippen molar-refractivity contribution >= 4 is 23.3 Å². The summed E-state index contributed by atoms with van der Waals surface area (Å²) in [6.45, 7) is 2.50. The smallest absolute Gasteiger partial charge is 0.220 e. The summed E-state index contributed by atoms with van der Waals surface area (Å²) < 4.78 is 5.55. The highest BCUT2D eigenvalue weighted by Crippen LogP contribution is 2.24. The van der Waals surface area contributed by atoms with Crippen LogP contribution in [0.15, 0.2) is 47.1 Å². The first-order chi connectivity index (χ1) is 12.6. The zero-order chi connectivity index (χ0) is 18.4. The van der Waals surface area contributed by atoms with Gasteiger partial charge in [0.25, 0.3) is 0 Å². The molecule has 0 spiro atoms. The predicted octanol–water partition coefficient (Wildman–Crippen LogP) is 3.85. The van der Waals surface area contributed by atoms with Gasteiger partial charge in [0.15, 0.2) is 5.78 Å². The van der Waals surface area contributed by atoms with E-state index in [9.17, 15) is 9.59 Å². The van der Waals surface area contributed by atoms with E-state index in [1.165, 1.54) is 12.8 Å². The molecule has 0 saturated carbocycles. The summed E-state index contributed by atoms with van der Waals surface area (Å²) in [5.41, 5.74) is 0.538. The summed E-state index contributed by atoms with van der Waals surface area (Å²) in [5, 5.41) is 3.47. The van der Waals surface area contributed by atoms with Gasteiger partial charge < -0.3 is 9.73 Å². The second-order valence-electron chi connectivity index (χ2n) is 6.51. The molecule has 0 aliphatic carbocycles. The van der Waals surface area contributed by atoms with Gasteiger partial charge in [0, 0.05) is 30.0 Å². The molecule has 1 aromatic carbocycles. The number of halogens is 1. The molecular weight excluding hydrogens is 352 g/mol. The van der Waals surface area contributed by atoms with E-state index in [0.29, 0.717) is 17.1 Å². The molecule has 1 fully saturated rings. The maximum atomic E-state index is 12.2. The molecule has 0 bridgehead atoms. The minimum atomic E-state index is -0.129. The van der Waals surface area contributed by atoms with Crippen LogP contribution < -0.4 is 5.32 Å². The second-order valence-corrected chi connectivity index (χ2v) is 6.95. The number of furan rings is 1. The van der Waals surface area contributed by atoms with E-state index < -0.39 is 0 Å². The van der Waals surface area contributed by atoms with E-state index in [0.717, 1.165) is 18.8 Å². The highest BCUT2D eigenvalue weighted by Gasteiger charge is 2.25. The molecule has 1 unspecified atom stereocenters. The Kier molecular flexibility index (Phi) is 6.47. The Hall–Kier alpha value is -2.11. The Balaban J connectivity index is 1.50. The molecule has 1 N–H and O–H groups in total. The lowest BCUT2D eigenvalue weighted by atomic mass is 10.1. The molecule has 5 nitrogen and oxygen atoms in total. The van der Waals surface area contributed by atoms with Crippen LogP contribution in [-0.4, -0.2) is 36.2 Å². The van der Waals surface area contributed by atoms with Gasteiger partial charge >= 0.3 is 0 Å². The lowest BCUT2D eigenvalue weighted by molar-refractivity contribution is -0.121. The number of Topliss-reactive ketones (excluding diaryl/α,β-unsaturated/α-hetero) is 1. The number of carbonyl (C=O) groups is 2. The van der Waals surface area contributed by atoms with Crippen molar-refractivity contribution in [2.45, 2.75) is 31.7 Å². The van der Waals surface area contributed by atoms with Crippen LogP contribution in [0.25, 0.3) is 0 Å². The third-order valence-corrected chi connectivity index (χ3v) is 4.91. The number of likely N-dealkylation sites (tertiary alicyclic amines) is 1. The molecule has 2 heterocycles. The average Bonchev–Trinajstić information content (AvgIpc) is 3.34. The maximum absolute atomic E-state index is 12.2. The molecule has 6 heteroatoms. The van der Waals surface area contributed by atoms with Crippen LogP contribution in [0.5, 0.6) is 0 Å². The third-order valence-electron chi connectivity index (χ3n) is 4.67. The Bertz CT molecular complexity index is 739. The average molecular weight is 375 g/mol. The van der Waals surface area contributed by atoms with Crippen molar-refractivity contribution in [1.29, 1.82) is 0 Å². The van der Waals surface area contributed by atoms with Gasteiger partial charge in [-0.3, -0.25) is 14.5 Å². The molecule has 1 aliphatic rings. The number of rotatable bonds is 8. The molecule has 1 amide bonds. The third kappa shape index (κ3) is 4.96. The van der Waals surface area contributed by atoms with Crippen LogP contribution in [0.2, 0.25) is 5.02 Å². The van der Waals surface area contributed by atoms with Crippen molar-refractivity contribution in [2.75, 3.05) is 19.6 Å². The second kappa shape index (κ2) is 9.01. The van der Waals surface area contributed by atoms with Crippen LogP contribution in [-0.2, 0) is 4.79 Å². The fraction of sp³-hybridized carbons (Fsp3) is 0.400. The van der Waals surface area contributed by atoms with Gasteiger partial charge in [-0.05, 0) is 50.2 Å². The van der Waals surface area contributed by atoms with Gasteiger partial charge in [-0.1, -0.05) is 23.7 Å². The van der Waals surface area contributed by atoms with Crippen LogP contribution in [0.1, 0.15) is 47.8 Å². The van der Waals surface area contributed by atoms with Crippen LogP contribution >= 0.6 is 11.6 Å². The van der Waals surface area contributed by atoms with Gasteiger partial charge in [0.05, 0.1) is 12.3 Å². The number of hydrogen-bond acceptors (Lipinski definition) is 4. The minimum Gasteiger partial charge on any atom is -0.468 e. The Morgan fingerprint density at radius 1 is 1.15 bits per heavy atom. The SMILES string of the molecule is O=C(CCC(=O)c1cccc(Cl)c1)NCC(c1ccco1)N1CCCC1. The molecule has 0 radical (unpaired) electrons. The molecule has 1 atom stereocenters. The van der Waals surface area contributed by atoms with E-state index in [2.05, 4.69) is 10.2 Å². The number of hydrogen-bond donors (Lipinski definition) is 1. The maximum Gasteiger partial charge on any atom is 0.220 e. The number of nitrogens with one attached hydrogen (secondary N) is 1. The highest BCUT2D eigenvalue weighted by atomic mass is 35.5.